The van der Waals surface area contributed by atoms with Crippen molar-refractivity contribution in [2.24, 2.45) is 0 Å². The quantitative estimate of drug-likeness (QED) is 0.404. The lowest BCUT2D eigenvalue weighted by Gasteiger charge is -2.04. The number of nitro groups is 1. The van der Waals surface area contributed by atoms with Gasteiger partial charge in [-0.15, -0.1) is 0 Å². The Hall–Kier alpha value is -4.08. The number of H-pyrrole nitrogens is 1. The van der Waals surface area contributed by atoms with E-state index in [1.54, 1.807) is 18.2 Å². The number of nitro benzene ring substituents is 1. The van der Waals surface area contributed by atoms with Crippen LogP contribution in [0.2, 0.25) is 0 Å². The number of nitrogens with one attached hydrogen (secondary N) is 2. The average molecular weight is 381 g/mol. The summed E-state index contributed by atoms with van der Waals surface area (Å²) in [5, 5.41) is 17.6. The van der Waals surface area contributed by atoms with Gasteiger partial charge in [0.25, 0.3) is 11.6 Å². The summed E-state index contributed by atoms with van der Waals surface area (Å²) in [5.41, 5.74) is 1.000. The zero-order valence-corrected chi connectivity index (χ0v) is 14.2. The number of halogens is 1. The van der Waals surface area contributed by atoms with Gasteiger partial charge in [-0.1, -0.05) is 17.3 Å². The average Bonchev–Trinajstić information content (AvgIpc) is 3.34. The molecular weight excluding hydrogens is 369 g/mol. The highest BCUT2D eigenvalue weighted by atomic mass is 19.1. The van der Waals surface area contributed by atoms with Crippen LogP contribution in [-0.4, -0.2) is 26.0 Å². The summed E-state index contributed by atoms with van der Waals surface area (Å²) in [7, 11) is 0. The molecule has 0 atom stereocenters. The first-order chi connectivity index (χ1) is 13.5. The maximum atomic E-state index is 13.8. The van der Waals surface area contributed by atoms with Crippen molar-refractivity contribution in [1.82, 2.24) is 20.4 Å². The molecule has 28 heavy (non-hydrogen) atoms. The molecule has 4 rings (SSSR count). The van der Waals surface area contributed by atoms with Gasteiger partial charge in [0, 0.05) is 12.1 Å². The van der Waals surface area contributed by atoms with Crippen LogP contribution < -0.4 is 5.32 Å². The minimum atomic E-state index is -0.660. The van der Waals surface area contributed by atoms with Gasteiger partial charge < -0.3 is 14.8 Å². The summed E-state index contributed by atoms with van der Waals surface area (Å²) in [6.45, 7) is -0.0491. The molecule has 0 radical (unpaired) electrons. The van der Waals surface area contributed by atoms with Crippen molar-refractivity contribution in [2.45, 2.75) is 6.54 Å². The van der Waals surface area contributed by atoms with E-state index in [2.05, 4.69) is 20.4 Å². The summed E-state index contributed by atoms with van der Waals surface area (Å²) in [4.78, 5) is 29.9. The first kappa shape index (κ1) is 17.3. The molecule has 0 unspecified atom stereocenters. The maximum absolute atomic E-state index is 13.8. The topological polar surface area (TPSA) is 127 Å². The van der Waals surface area contributed by atoms with Gasteiger partial charge in [-0.05, 0) is 18.2 Å². The minimum absolute atomic E-state index is 0.0491. The Balaban J connectivity index is 1.54. The van der Waals surface area contributed by atoms with E-state index in [1.807, 2.05) is 0 Å². The lowest BCUT2D eigenvalue weighted by Crippen LogP contribution is -2.23. The van der Waals surface area contributed by atoms with Crippen molar-refractivity contribution in [2.75, 3.05) is 0 Å². The molecule has 4 aromatic rings. The predicted octanol–water partition coefficient (Wildman–Crippen LogP) is 3.20. The molecule has 1 amide bonds. The first-order valence-electron chi connectivity index (χ1n) is 8.13. The molecule has 0 aliphatic rings. The SMILES string of the molecule is O=C(NCc1cc(-c2ccccc2F)on1)c1cc2nc[nH]c2cc1[N+](=O)[O-]. The highest BCUT2D eigenvalue weighted by molar-refractivity contribution is 6.01. The van der Waals surface area contributed by atoms with E-state index in [0.717, 1.165) is 0 Å². The van der Waals surface area contributed by atoms with Crippen LogP contribution in [0.15, 0.2) is 53.3 Å². The predicted molar refractivity (Wildman–Crippen MR) is 95.8 cm³/mol. The molecule has 0 spiro atoms. The molecule has 2 heterocycles. The van der Waals surface area contributed by atoms with Gasteiger partial charge in [-0.3, -0.25) is 14.9 Å². The van der Waals surface area contributed by atoms with E-state index < -0.39 is 16.6 Å². The third kappa shape index (κ3) is 3.18. The Kier molecular flexibility index (Phi) is 4.28. The molecule has 2 aromatic heterocycles. The Labute approximate surface area is 156 Å². The van der Waals surface area contributed by atoms with Crippen LogP contribution >= 0.6 is 0 Å². The second-order valence-electron chi connectivity index (χ2n) is 5.89. The number of carbonyl (C=O) groups excluding carboxylic acids is 1. The van der Waals surface area contributed by atoms with Crippen molar-refractivity contribution in [1.29, 1.82) is 0 Å². The van der Waals surface area contributed by atoms with Crippen molar-refractivity contribution in [3.05, 3.63) is 76.0 Å². The molecule has 2 N–H and O–H groups in total. The highest BCUT2D eigenvalue weighted by Crippen LogP contribution is 2.25. The highest BCUT2D eigenvalue weighted by Gasteiger charge is 2.22. The largest absolute Gasteiger partial charge is 0.356 e. The van der Waals surface area contributed by atoms with E-state index in [0.29, 0.717) is 16.7 Å². The Morgan fingerprint density at radius 2 is 2.11 bits per heavy atom. The molecule has 0 fully saturated rings. The van der Waals surface area contributed by atoms with Crippen molar-refractivity contribution in [3.63, 3.8) is 0 Å². The van der Waals surface area contributed by atoms with Gasteiger partial charge in [-0.2, -0.15) is 0 Å². The summed E-state index contributed by atoms with van der Waals surface area (Å²) in [6, 6.07) is 10.1. The molecule has 0 aliphatic heterocycles. The second kappa shape index (κ2) is 6.91. The van der Waals surface area contributed by atoms with E-state index in [1.165, 1.54) is 30.6 Å². The summed E-state index contributed by atoms with van der Waals surface area (Å²) >= 11 is 0. The molecule has 0 saturated carbocycles. The number of hydrogen-bond acceptors (Lipinski definition) is 6. The zero-order valence-electron chi connectivity index (χ0n) is 14.2. The van der Waals surface area contributed by atoms with Gasteiger partial charge in [0.05, 0.1) is 34.4 Å². The van der Waals surface area contributed by atoms with Crippen LogP contribution in [0, 0.1) is 15.9 Å². The van der Waals surface area contributed by atoms with Crippen molar-refractivity contribution < 1.29 is 18.6 Å². The number of rotatable bonds is 5. The van der Waals surface area contributed by atoms with Crippen molar-refractivity contribution >= 4 is 22.6 Å². The Bertz CT molecular complexity index is 1200. The number of carbonyl (C=O) groups is 1. The smallest absolute Gasteiger partial charge is 0.284 e. The second-order valence-corrected chi connectivity index (χ2v) is 5.89. The number of aromatic nitrogens is 3. The molecule has 10 heteroatoms. The Morgan fingerprint density at radius 3 is 2.89 bits per heavy atom. The number of fused-ring (bicyclic) bond motifs is 1. The number of imidazole rings is 1. The summed E-state index contributed by atoms with van der Waals surface area (Å²) < 4.78 is 18.9. The van der Waals surface area contributed by atoms with Gasteiger partial charge >= 0.3 is 0 Å². The van der Waals surface area contributed by atoms with E-state index in [4.69, 9.17) is 4.52 Å². The first-order valence-corrected chi connectivity index (χ1v) is 8.13. The molecule has 0 saturated heterocycles. The molecule has 0 aliphatic carbocycles. The summed E-state index contributed by atoms with van der Waals surface area (Å²) in [5.74, 6) is -0.907. The van der Waals surface area contributed by atoms with Gasteiger partial charge in [0.2, 0.25) is 0 Å². The third-order valence-corrected chi connectivity index (χ3v) is 4.11. The van der Waals surface area contributed by atoms with Crippen LogP contribution in [0.3, 0.4) is 0 Å². The standard InChI is InChI=1S/C18H12FN5O4/c19-13-4-2-1-3-11(13)17-5-10(23-28-17)8-20-18(25)12-6-14-15(22-9-21-14)7-16(12)24(26)27/h1-7,9H,8H2,(H,20,25)(H,21,22). The monoisotopic (exact) mass is 381 g/mol. The molecule has 140 valence electrons. The molecular formula is C18H12FN5O4. The molecule has 2 aromatic carbocycles. The van der Waals surface area contributed by atoms with Crippen LogP contribution in [0.4, 0.5) is 10.1 Å². The normalized spacial score (nSPS) is 10.9. The number of benzene rings is 2. The van der Waals surface area contributed by atoms with Crippen LogP contribution in [0.1, 0.15) is 16.1 Å². The third-order valence-electron chi connectivity index (χ3n) is 4.11. The van der Waals surface area contributed by atoms with Gasteiger partial charge in [0.1, 0.15) is 17.1 Å². The van der Waals surface area contributed by atoms with E-state index in [-0.39, 0.29) is 29.1 Å². The maximum Gasteiger partial charge on any atom is 0.284 e. The van der Waals surface area contributed by atoms with Crippen LogP contribution in [0.5, 0.6) is 0 Å². The fourth-order valence-corrected chi connectivity index (χ4v) is 2.75. The molecule has 9 nitrogen and oxygen atoms in total. The Morgan fingerprint density at radius 1 is 1.29 bits per heavy atom. The minimum Gasteiger partial charge on any atom is -0.356 e. The number of aromatic amines is 1. The number of hydrogen-bond donors (Lipinski definition) is 2. The van der Waals surface area contributed by atoms with Crippen LogP contribution in [-0.2, 0) is 6.54 Å². The van der Waals surface area contributed by atoms with Gasteiger partial charge in [-0.25, -0.2) is 9.37 Å². The van der Waals surface area contributed by atoms with Crippen LogP contribution in [0.25, 0.3) is 22.4 Å². The lowest BCUT2D eigenvalue weighted by molar-refractivity contribution is -0.385. The zero-order chi connectivity index (χ0) is 19.7. The lowest BCUT2D eigenvalue weighted by atomic mass is 10.1. The fraction of sp³-hybridized carbons (Fsp3) is 0.0556. The fourth-order valence-electron chi connectivity index (χ4n) is 2.75. The van der Waals surface area contributed by atoms with Gasteiger partial charge in [0.15, 0.2) is 5.76 Å². The number of amides is 1. The summed E-state index contributed by atoms with van der Waals surface area (Å²) in [6.07, 6.45) is 1.38. The van der Waals surface area contributed by atoms with Crippen molar-refractivity contribution in [3.8, 4) is 11.3 Å². The van der Waals surface area contributed by atoms with E-state index >= 15 is 0 Å². The number of nitrogens with zero attached hydrogens (tertiary/aromatic N) is 3. The molecule has 0 bridgehead atoms. The van der Waals surface area contributed by atoms with E-state index in [9.17, 15) is 19.3 Å².